The molecule has 2 aliphatic rings. The first kappa shape index (κ1) is 26.8. The number of nitriles is 2. The van der Waals surface area contributed by atoms with Gasteiger partial charge in [-0.2, -0.15) is 5.26 Å². The van der Waals surface area contributed by atoms with Crippen LogP contribution in [-0.2, 0) is 0 Å². The molecule has 5 rings (SSSR count). The molecule has 0 N–H and O–H groups in total. The summed E-state index contributed by atoms with van der Waals surface area (Å²) in [7, 11) is 0. The number of halogens is 3. The number of fused-ring (bicyclic) bond motifs is 1. The van der Waals surface area contributed by atoms with Crippen LogP contribution in [0.4, 0.5) is 13.2 Å². The summed E-state index contributed by atoms with van der Waals surface area (Å²) in [5, 5.41) is 22.8. The minimum absolute atomic E-state index is 0.0346. The number of benzene rings is 1. The summed E-state index contributed by atoms with van der Waals surface area (Å²) in [5.41, 5.74) is 2.24. The number of aromatic nitrogens is 4. The van der Waals surface area contributed by atoms with Crippen LogP contribution >= 0.6 is 0 Å². The van der Waals surface area contributed by atoms with E-state index < -0.39 is 51.4 Å². The van der Waals surface area contributed by atoms with E-state index >= 15 is 0 Å². The van der Waals surface area contributed by atoms with Crippen molar-refractivity contribution >= 4 is 36.8 Å². The van der Waals surface area contributed by atoms with Crippen molar-refractivity contribution in [3.05, 3.63) is 63.5 Å². The molecule has 3 aromatic rings. The molecule has 1 aromatic carbocycles. The van der Waals surface area contributed by atoms with Crippen LogP contribution in [0, 0.1) is 28.5 Å². The van der Waals surface area contributed by atoms with E-state index in [4.69, 9.17) is 5.26 Å². The fraction of sp³-hybridized carbons (Fsp3) is 0.308. The molecule has 2 atom stereocenters. The molecular formula is C26H21F3N8OSn. The summed E-state index contributed by atoms with van der Waals surface area (Å²) in [5.74, 6) is -1.77. The van der Waals surface area contributed by atoms with E-state index in [0.717, 1.165) is 37.6 Å². The number of hydrogen-bond donors (Lipinski definition) is 0. The quantitative estimate of drug-likeness (QED) is 0.365. The molecule has 2 aromatic heterocycles. The van der Waals surface area contributed by atoms with Crippen molar-refractivity contribution in [1.82, 2.24) is 29.5 Å². The molecular weight excluding hydrogens is 616 g/mol. The maximum atomic E-state index is 14.4. The topological polar surface area (TPSA) is 115 Å². The number of piperazine rings is 1. The second-order valence-electron chi connectivity index (χ2n) is 9.15. The van der Waals surface area contributed by atoms with Crippen molar-refractivity contribution < 1.29 is 18.0 Å². The zero-order valence-corrected chi connectivity index (χ0v) is 23.4. The molecule has 9 nitrogen and oxygen atoms in total. The first-order valence-electron chi connectivity index (χ1n) is 12.1. The molecule has 13 heteroatoms. The van der Waals surface area contributed by atoms with Gasteiger partial charge in [-0.3, -0.25) is 4.79 Å². The van der Waals surface area contributed by atoms with Gasteiger partial charge in [0, 0.05) is 0 Å². The van der Waals surface area contributed by atoms with E-state index in [9.17, 15) is 23.2 Å². The van der Waals surface area contributed by atoms with E-state index in [1.165, 1.54) is 6.07 Å². The summed E-state index contributed by atoms with van der Waals surface area (Å²) < 4.78 is 47.6. The first-order valence-corrected chi connectivity index (χ1v) is 15.2. The molecule has 4 heterocycles. The van der Waals surface area contributed by atoms with Crippen molar-refractivity contribution in [3.8, 4) is 23.4 Å². The molecule has 196 valence electrons. The minimum atomic E-state index is -2.86. The third-order valence-electron chi connectivity index (χ3n) is 6.78. The van der Waals surface area contributed by atoms with Gasteiger partial charge >= 0.3 is 163 Å². The number of nitrogens with zero attached hydrogens (tertiary/aromatic N) is 8. The molecule has 1 amide bonds. The van der Waals surface area contributed by atoms with Crippen molar-refractivity contribution in [2.75, 3.05) is 26.2 Å². The standard InChI is InChI=1S/C26H21F3N8O.Sn/c1-2-18-11-32-16-33-24(18)19-12-34-37(13-19)20(5-6-30)14-35-7-8-36(23(15-35)25(28)29)26(38)21-4-3-17(10-31)9-22(21)27;/h1-4,9,12-13,16,20,23,25H,5,7-8,14-15H2;. The third kappa shape index (κ3) is 5.53. The van der Waals surface area contributed by atoms with Gasteiger partial charge in [0.25, 0.3) is 5.91 Å². The monoisotopic (exact) mass is 638 g/mol. The zero-order valence-electron chi connectivity index (χ0n) is 20.5. The molecule has 0 saturated carbocycles. The number of carbonyl (C=O) groups excluding carboxylic acids is 1. The van der Waals surface area contributed by atoms with Crippen molar-refractivity contribution in [2.45, 2.75) is 24.9 Å². The number of rotatable bonds is 7. The summed E-state index contributed by atoms with van der Waals surface area (Å²) in [6.07, 6.45) is 4.30. The molecule has 39 heavy (non-hydrogen) atoms. The van der Waals surface area contributed by atoms with Crippen LogP contribution in [0.25, 0.3) is 17.3 Å². The Morgan fingerprint density at radius 2 is 2.08 bits per heavy atom. The zero-order chi connectivity index (χ0) is 27.5. The Morgan fingerprint density at radius 3 is 2.82 bits per heavy atom. The van der Waals surface area contributed by atoms with E-state index in [1.807, 2.05) is 6.08 Å². The van der Waals surface area contributed by atoms with Crippen molar-refractivity contribution in [2.24, 2.45) is 0 Å². The van der Waals surface area contributed by atoms with Crippen LogP contribution in [-0.4, -0.2) is 95.2 Å². The van der Waals surface area contributed by atoms with Crippen LogP contribution < -0.4 is 3.71 Å². The Morgan fingerprint density at radius 1 is 1.23 bits per heavy atom. The second-order valence-corrected chi connectivity index (χ2v) is 12.3. The average molecular weight is 637 g/mol. The normalized spacial score (nSPS) is 17.6. The fourth-order valence-electron chi connectivity index (χ4n) is 4.82. The fourth-order valence-corrected chi connectivity index (χ4v) is 7.38. The van der Waals surface area contributed by atoms with Crippen molar-refractivity contribution in [3.63, 3.8) is 0 Å². The maximum absolute atomic E-state index is 14.4. The SMILES string of the molecule is N#CCC(CN1CCN(C(=O)c2ccc(C#N)cc2F)C(C(F)F)C1)n1cc(-c2ncn[c]3c2C=[CH][Sn]3)cn1. The van der Waals surface area contributed by atoms with Crippen LogP contribution in [0.2, 0.25) is 0 Å². The van der Waals surface area contributed by atoms with Crippen LogP contribution in [0.15, 0.2) is 41.0 Å². The van der Waals surface area contributed by atoms with Gasteiger partial charge in [0.2, 0.25) is 0 Å². The summed E-state index contributed by atoms with van der Waals surface area (Å²) in [4.78, 5) is 24.5. The molecule has 0 bridgehead atoms. The van der Waals surface area contributed by atoms with Crippen LogP contribution in [0.3, 0.4) is 0 Å². The molecule has 2 radical (unpaired) electrons. The summed E-state index contributed by atoms with van der Waals surface area (Å²) in [6.45, 7) is 0.342. The van der Waals surface area contributed by atoms with Gasteiger partial charge in [0.05, 0.1) is 17.2 Å². The van der Waals surface area contributed by atoms with Gasteiger partial charge in [-0.1, -0.05) is 0 Å². The number of carbonyl (C=O) groups is 1. The molecule has 1 fully saturated rings. The summed E-state index contributed by atoms with van der Waals surface area (Å²) >= 11 is -0.832. The first-order chi connectivity index (χ1) is 18.9. The molecule has 0 aliphatic carbocycles. The van der Waals surface area contributed by atoms with Crippen LogP contribution in [0.5, 0.6) is 0 Å². The van der Waals surface area contributed by atoms with E-state index in [-0.39, 0.29) is 43.7 Å². The predicted molar refractivity (Wildman–Crippen MR) is 135 cm³/mol. The van der Waals surface area contributed by atoms with Gasteiger partial charge in [-0.15, -0.1) is 0 Å². The molecule has 2 aliphatic heterocycles. The predicted octanol–water partition coefficient (Wildman–Crippen LogP) is 2.21. The van der Waals surface area contributed by atoms with E-state index in [0.29, 0.717) is 0 Å². The van der Waals surface area contributed by atoms with E-state index in [2.05, 4.69) is 25.2 Å². The van der Waals surface area contributed by atoms with E-state index in [1.54, 1.807) is 34.4 Å². The van der Waals surface area contributed by atoms with Crippen LogP contribution in [0.1, 0.15) is 33.9 Å². The van der Waals surface area contributed by atoms with Gasteiger partial charge in [0.15, 0.2) is 0 Å². The summed E-state index contributed by atoms with van der Waals surface area (Å²) in [6, 6.07) is 5.40. The molecule has 1 saturated heterocycles. The van der Waals surface area contributed by atoms with Gasteiger partial charge in [-0.25, -0.2) is 13.2 Å². The number of hydrogen-bond acceptors (Lipinski definition) is 7. The third-order valence-corrected chi connectivity index (χ3v) is 9.65. The average Bonchev–Trinajstić information content (AvgIpc) is 3.62. The van der Waals surface area contributed by atoms with Crippen molar-refractivity contribution in [1.29, 1.82) is 10.5 Å². The Bertz CT molecular complexity index is 1510. The number of alkyl halides is 2. The Hall–Kier alpha value is -3.75. The molecule has 2 unspecified atom stereocenters. The second kappa shape index (κ2) is 11.6. The Labute approximate surface area is 232 Å². The van der Waals surface area contributed by atoms with Gasteiger partial charge in [-0.05, 0) is 18.2 Å². The number of amides is 1. The Kier molecular flexibility index (Phi) is 7.95. The molecule has 0 spiro atoms. The van der Waals surface area contributed by atoms with Gasteiger partial charge < -0.3 is 0 Å². The van der Waals surface area contributed by atoms with Gasteiger partial charge in [0.1, 0.15) is 5.82 Å². The Balaban J connectivity index is 1.32.